The van der Waals surface area contributed by atoms with Gasteiger partial charge in [0, 0.05) is 5.56 Å². The second-order valence-corrected chi connectivity index (χ2v) is 3.17. The van der Waals surface area contributed by atoms with Crippen LogP contribution in [-0.4, -0.2) is 10.2 Å². The van der Waals surface area contributed by atoms with Crippen molar-refractivity contribution in [2.45, 2.75) is 6.18 Å². The number of hydrogen-bond acceptors (Lipinski definition) is 1. The zero-order chi connectivity index (χ0) is 11.8. The van der Waals surface area contributed by atoms with Gasteiger partial charge in [0.05, 0.1) is 6.20 Å². The number of rotatable bonds is 1. The Morgan fingerprint density at radius 3 is 2.56 bits per heavy atom. The second-order valence-electron chi connectivity index (χ2n) is 3.17. The molecule has 6 heteroatoms. The Labute approximate surface area is 87.9 Å². The van der Waals surface area contributed by atoms with E-state index in [1.807, 2.05) is 5.10 Å². The van der Waals surface area contributed by atoms with E-state index in [0.29, 0.717) is 0 Å². The first-order valence-electron chi connectivity index (χ1n) is 4.35. The number of benzene rings is 1. The van der Waals surface area contributed by atoms with Gasteiger partial charge in [-0.25, -0.2) is 4.39 Å². The third-order valence-electron chi connectivity index (χ3n) is 2.06. The Morgan fingerprint density at radius 1 is 1.19 bits per heavy atom. The molecule has 0 aliphatic heterocycles. The molecule has 2 nitrogen and oxygen atoms in total. The molecule has 0 amide bonds. The van der Waals surface area contributed by atoms with Gasteiger partial charge in [-0.15, -0.1) is 0 Å². The van der Waals surface area contributed by atoms with Crippen molar-refractivity contribution in [2.24, 2.45) is 0 Å². The van der Waals surface area contributed by atoms with E-state index < -0.39 is 17.7 Å². The summed E-state index contributed by atoms with van der Waals surface area (Å²) in [6.45, 7) is 0. The van der Waals surface area contributed by atoms with Crippen LogP contribution in [0.5, 0.6) is 0 Å². The number of H-pyrrole nitrogens is 1. The molecule has 1 aromatic carbocycles. The molecule has 1 heterocycles. The first-order chi connectivity index (χ1) is 7.48. The molecular formula is C10H6F4N2. The fraction of sp³-hybridized carbons (Fsp3) is 0.100. The SMILES string of the molecule is Fc1cccc(-c2cn[nH]c2C(F)(F)F)c1. The van der Waals surface area contributed by atoms with Crippen molar-refractivity contribution < 1.29 is 17.6 Å². The quantitative estimate of drug-likeness (QED) is 0.748. The molecule has 0 unspecified atom stereocenters. The molecule has 0 spiro atoms. The molecule has 0 radical (unpaired) electrons. The number of nitrogens with zero attached hydrogens (tertiary/aromatic N) is 1. The molecule has 0 atom stereocenters. The van der Waals surface area contributed by atoms with E-state index in [1.54, 1.807) is 0 Å². The topological polar surface area (TPSA) is 28.7 Å². The van der Waals surface area contributed by atoms with Crippen molar-refractivity contribution in [1.29, 1.82) is 0 Å². The van der Waals surface area contributed by atoms with Gasteiger partial charge < -0.3 is 0 Å². The standard InChI is InChI=1S/C10H6F4N2/c11-7-3-1-2-6(4-7)8-5-15-16-9(8)10(12,13)14/h1-5H,(H,15,16). The Bertz CT molecular complexity index is 502. The summed E-state index contributed by atoms with van der Waals surface area (Å²) in [5.74, 6) is -0.591. The van der Waals surface area contributed by atoms with E-state index in [4.69, 9.17) is 0 Å². The van der Waals surface area contributed by atoms with Crippen molar-refractivity contribution in [1.82, 2.24) is 10.2 Å². The molecule has 84 valence electrons. The van der Waals surface area contributed by atoms with E-state index >= 15 is 0 Å². The molecule has 2 rings (SSSR count). The van der Waals surface area contributed by atoms with Gasteiger partial charge >= 0.3 is 6.18 Å². The highest BCUT2D eigenvalue weighted by Crippen LogP contribution is 2.35. The summed E-state index contributed by atoms with van der Waals surface area (Å²) in [5.41, 5.74) is -0.994. The molecule has 0 aliphatic rings. The molecule has 2 aromatic rings. The van der Waals surface area contributed by atoms with E-state index in [1.165, 1.54) is 12.1 Å². The first kappa shape index (κ1) is 10.7. The maximum Gasteiger partial charge on any atom is 0.433 e. The molecular weight excluding hydrogens is 224 g/mol. The average molecular weight is 230 g/mol. The highest BCUT2D eigenvalue weighted by molar-refractivity contribution is 5.65. The van der Waals surface area contributed by atoms with Crippen LogP contribution in [0.1, 0.15) is 5.69 Å². The summed E-state index contributed by atoms with van der Waals surface area (Å²) < 4.78 is 50.4. The normalized spacial score (nSPS) is 11.8. The Hall–Kier alpha value is -1.85. The van der Waals surface area contributed by atoms with Crippen LogP contribution in [0.2, 0.25) is 0 Å². The maximum absolute atomic E-state index is 12.9. The Kier molecular flexibility index (Phi) is 2.41. The zero-order valence-corrected chi connectivity index (χ0v) is 7.85. The van der Waals surface area contributed by atoms with Crippen molar-refractivity contribution in [3.05, 3.63) is 42.0 Å². The van der Waals surface area contributed by atoms with E-state index in [0.717, 1.165) is 18.3 Å². The number of alkyl halides is 3. The van der Waals surface area contributed by atoms with Crippen molar-refractivity contribution in [3.8, 4) is 11.1 Å². The van der Waals surface area contributed by atoms with Gasteiger partial charge in [0.2, 0.25) is 0 Å². The summed E-state index contributed by atoms with van der Waals surface area (Å²) in [6.07, 6.45) is -3.50. The van der Waals surface area contributed by atoms with Gasteiger partial charge in [-0.2, -0.15) is 18.3 Å². The van der Waals surface area contributed by atoms with Crippen molar-refractivity contribution in [3.63, 3.8) is 0 Å². The molecule has 0 fully saturated rings. The Balaban J connectivity index is 2.53. The van der Waals surface area contributed by atoms with Crippen LogP contribution in [-0.2, 0) is 6.18 Å². The molecule has 16 heavy (non-hydrogen) atoms. The molecule has 1 aromatic heterocycles. The van der Waals surface area contributed by atoms with Gasteiger partial charge in [0.15, 0.2) is 0 Å². The number of hydrogen-bond donors (Lipinski definition) is 1. The smallest absolute Gasteiger partial charge is 0.273 e. The number of aromatic amines is 1. The van der Waals surface area contributed by atoms with Gasteiger partial charge in [-0.05, 0) is 17.7 Å². The van der Waals surface area contributed by atoms with E-state index in [2.05, 4.69) is 5.10 Å². The molecule has 0 saturated carbocycles. The highest BCUT2D eigenvalue weighted by atomic mass is 19.4. The minimum atomic E-state index is -4.53. The predicted octanol–water partition coefficient (Wildman–Crippen LogP) is 3.23. The summed E-state index contributed by atoms with van der Waals surface area (Å²) in [4.78, 5) is 0. The van der Waals surface area contributed by atoms with Crippen molar-refractivity contribution in [2.75, 3.05) is 0 Å². The van der Waals surface area contributed by atoms with Crippen LogP contribution in [0.3, 0.4) is 0 Å². The third kappa shape index (κ3) is 1.91. The summed E-state index contributed by atoms with van der Waals surface area (Å²) >= 11 is 0. The third-order valence-corrected chi connectivity index (χ3v) is 2.06. The minimum absolute atomic E-state index is 0.140. The van der Waals surface area contributed by atoms with Crippen LogP contribution in [0.4, 0.5) is 17.6 Å². The summed E-state index contributed by atoms with van der Waals surface area (Å²) in [5, 5.41) is 5.19. The molecule has 0 saturated heterocycles. The van der Waals surface area contributed by atoms with E-state index in [-0.39, 0.29) is 11.1 Å². The van der Waals surface area contributed by atoms with Crippen LogP contribution in [0, 0.1) is 5.82 Å². The molecule has 0 aliphatic carbocycles. The zero-order valence-electron chi connectivity index (χ0n) is 7.85. The Morgan fingerprint density at radius 2 is 1.94 bits per heavy atom. The van der Waals surface area contributed by atoms with Crippen LogP contribution in [0.25, 0.3) is 11.1 Å². The van der Waals surface area contributed by atoms with Crippen LogP contribution < -0.4 is 0 Å². The fourth-order valence-corrected chi connectivity index (χ4v) is 1.38. The monoisotopic (exact) mass is 230 g/mol. The van der Waals surface area contributed by atoms with Gasteiger partial charge in [-0.3, -0.25) is 5.10 Å². The number of nitrogens with one attached hydrogen (secondary N) is 1. The largest absolute Gasteiger partial charge is 0.433 e. The van der Waals surface area contributed by atoms with Crippen molar-refractivity contribution >= 4 is 0 Å². The van der Waals surface area contributed by atoms with Crippen LogP contribution in [0.15, 0.2) is 30.5 Å². The van der Waals surface area contributed by atoms with E-state index in [9.17, 15) is 17.6 Å². The first-order valence-corrected chi connectivity index (χ1v) is 4.35. The lowest BCUT2D eigenvalue weighted by molar-refractivity contribution is -0.140. The minimum Gasteiger partial charge on any atom is -0.273 e. The van der Waals surface area contributed by atoms with Gasteiger partial charge in [0.1, 0.15) is 11.5 Å². The number of aromatic nitrogens is 2. The van der Waals surface area contributed by atoms with Gasteiger partial charge in [0.25, 0.3) is 0 Å². The lowest BCUT2D eigenvalue weighted by atomic mass is 10.1. The molecule has 1 N–H and O–H groups in total. The summed E-state index contributed by atoms with van der Waals surface area (Å²) in [6, 6.07) is 4.93. The second kappa shape index (κ2) is 3.62. The maximum atomic E-state index is 12.9. The summed E-state index contributed by atoms with van der Waals surface area (Å²) in [7, 11) is 0. The average Bonchev–Trinajstić information content (AvgIpc) is 2.65. The highest BCUT2D eigenvalue weighted by Gasteiger charge is 2.35. The number of halogens is 4. The fourth-order valence-electron chi connectivity index (χ4n) is 1.38. The predicted molar refractivity (Wildman–Crippen MR) is 49.0 cm³/mol. The lowest BCUT2D eigenvalue weighted by Gasteiger charge is -2.06. The lowest BCUT2D eigenvalue weighted by Crippen LogP contribution is -2.07. The van der Waals surface area contributed by atoms with Crippen LogP contribution >= 0.6 is 0 Å². The van der Waals surface area contributed by atoms with Gasteiger partial charge in [-0.1, -0.05) is 12.1 Å². The molecule has 0 bridgehead atoms.